The Hall–Kier alpha value is -0.120. The van der Waals surface area contributed by atoms with Gasteiger partial charge < -0.3 is 0 Å². The Morgan fingerprint density at radius 3 is 2.75 bits per heavy atom. The van der Waals surface area contributed by atoms with Crippen LogP contribution < -0.4 is 5.32 Å². The monoisotopic (exact) mass is 174 g/mol. The zero-order valence-electron chi connectivity index (χ0n) is 7.04. The molecule has 2 rings (SSSR count). The van der Waals surface area contributed by atoms with E-state index in [-0.39, 0.29) is 53.2 Å². The van der Waals surface area contributed by atoms with Crippen molar-refractivity contribution in [1.29, 1.82) is 0 Å². The molecule has 1 aliphatic carbocycles. The second kappa shape index (κ2) is 3.73. The van der Waals surface area contributed by atoms with Gasteiger partial charge in [0.25, 0.3) is 0 Å². The number of allylic oxidation sites excluding steroid dienone is 1. The minimum atomic E-state index is -0.170. The molecule has 3 nitrogen and oxygen atoms in total. The Balaban J connectivity index is 0.000000720. The summed E-state index contributed by atoms with van der Waals surface area (Å²) in [7, 11) is 0. The Bertz CT molecular complexity index is 249. The van der Waals surface area contributed by atoms with Crippen LogP contribution in [0.1, 0.15) is 12.8 Å². The first-order valence-electron chi connectivity index (χ1n) is 3.80. The SMILES string of the molecule is O=C1NC(=O)C2CCC=CC12.[Na]. The van der Waals surface area contributed by atoms with Gasteiger partial charge >= 0.3 is 0 Å². The predicted molar refractivity (Wildman–Crippen MR) is 44.3 cm³/mol. The molecule has 1 heterocycles. The van der Waals surface area contributed by atoms with Gasteiger partial charge in [0.05, 0.1) is 11.8 Å². The van der Waals surface area contributed by atoms with Crippen LogP contribution in [0, 0.1) is 11.8 Å². The van der Waals surface area contributed by atoms with E-state index in [1.807, 2.05) is 12.2 Å². The first-order valence-corrected chi connectivity index (χ1v) is 3.80. The fourth-order valence-corrected chi connectivity index (χ4v) is 1.69. The van der Waals surface area contributed by atoms with Gasteiger partial charge in [-0.15, -0.1) is 0 Å². The summed E-state index contributed by atoms with van der Waals surface area (Å²) in [5, 5.41) is 2.33. The number of carbonyl (C=O) groups excluding carboxylic acids is 2. The second-order valence-corrected chi connectivity index (χ2v) is 2.99. The fourth-order valence-electron chi connectivity index (χ4n) is 1.69. The maximum absolute atomic E-state index is 11.1. The molecule has 0 bridgehead atoms. The third-order valence-corrected chi connectivity index (χ3v) is 2.31. The third-order valence-electron chi connectivity index (χ3n) is 2.31. The largest absolute Gasteiger partial charge is 0.296 e. The van der Waals surface area contributed by atoms with Crippen molar-refractivity contribution in [3.05, 3.63) is 12.2 Å². The number of hydrogen-bond donors (Lipinski definition) is 1. The van der Waals surface area contributed by atoms with Crippen LogP contribution in [0.15, 0.2) is 12.2 Å². The van der Waals surface area contributed by atoms with E-state index >= 15 is 0 Å². The van der Waals surface area contributed by atoms with Gasteiger partial charge in [0.2, 0.25) is 11.8 Å². The van der Waals surface area contributed by atoms with Gasteiger partial charge in [-0.3, -0.25) is 14.9 Å². The Morgan fingerprint density at radius 1 is 1.33 bits per heavy atom. The topological polar surface area (TPSA) is 46.2 Å². The smallest absolute Gasteiger partial charge is 0.234 e. The first kappa shape index (κ1) is 9.96. The van der Waals surface area contributed by atoms with Crippen molar-refractivity contribution in [3.8, 4) is 0 Å². The summed E-state index contributed by atoms with van der Waals surface area (Å²) in [4.78, 5) is 22.1. The normalized spacial score (nSPS) is 32.3. The Labute approximate surface area is 92.9 Å². The number of fused-ring (bicyclic) bond motifs is 1. The summed E-state index contributed by atoms with van der Waals surface area (Å²) in [6, 6.07) is 0. The molecule has 2 aliphatic rings. The van der Waals surface area contributed by atoms with Gasteiger partial charge in [0, 0.05) is 29.6 Å². The number of amides is 2. The van der Waals surface area contributed by atoms with Crippen molar-refractivity contribution in [2.24, 2.45) is 11.8 Å². The molecule has 1 fully saturated rings. The van der Waals surface area contributed by atoms with Gasteiger partial charge in [0.15, 0.2) is 0 Å². The van der Waals surface area contributed by atoms with E-state index in [0.717, 1.165) is 12.8 Å². The van der Waals surface area contributed by atoms with Crippen LogP contribution in [-0.4, -0.2) is 41.4 Å². The molecule has 1 N–H and O–H groups in total. The van der Waals surface area contributed by atoms with Crippen LogP contribution in [0.2, 0.25) is 0 Å². The Kier molecular flexibility index (Phi) is 3.09. The quantitative estimate of drug-likeness (QED) is 0.315. The predicted octanol–water partition coefficient (Wildman–Crippen LogP) is -0.156. The van der Waals surface area contributed by atoms with E-state index in [0.29, 0.717) is 0 Å². The van der Waals surface area contributed by atoms with Crippen molar-refractivity contribution in [2.45, 2.75) is 12.8 Å². The number of imide groups is 1. The molecule has 0 aromatic rings. The molecule has 12 heavy (non-hydrogen) atoms. The van der Waals surface area contributed by atoms with Gasteiger partial charge in [-0.25, -0.2) is 0 Å². The van der Waals surface area contributed by atoms with Crippen LogP contribution >= 0.6 is 0 Å². The van der Waals surface area contributed by atoms with E-state index in [9.17, 15) is 9.59 Å². The minimum Gasteiger partial charge on any atom is -0.296 e. The fraction of sp³-hybridized carbons (Fsp3) is 0.500. The van der Waals surface area contributed by atoms with Crippen molar-refractivity contribution in [2.75, 3.05) is 0 Å². The molecule has 2 unspecified atom stereocenters. The first-order chi connectivity index (χ1) is 5.29. The van der Waals surface area contributed by atoms with E-state index in [2.05, 4.69) is 5.32 Å². The molecule has 4 heteroatoms. The van der Waals surface area contributed by atoms with Crippen LogP contribution in [0.4, 0.5) is 0 Å². The third kappa shape index (κ3) is 1.49. The van der Waals surface area contributed by atoms with Crippen LogP contribution in [0.25, 0.3) is 0 Å². The number of hydrogen-bond acceptors (Lipinski definition) is 2. The molecule has 2 atom stereocenters. The second-order valence-electron chi connectivity index (χ2n) is 2.99. The van der Waals surface area contributed by atoms with Crippen molar-refractivity contribution < 1.29 is 9.59 Å². The van der Waals surface area contributed by atoms with Gasteiger partial charge in [-0.05, 0) is 12.8 Å². The summed E-state index contributed by atoms with van der Waals surface area (Å²) in [5.74, 6) is -0.468. The molecule has 0 aromatic heterocycles. The van der Waals surface area contributed by atoms with Gasteiger partial charge in [0.1, 0.15) is 0 Å². The summed E-state index contributed by atoms with van der Waals surface area (Å²) < 4.78 is 0. The Morgan fingerprint density at radius 2 is 2.08 bits per heavy atom. The van der Waals surface area contributed by atoms with E-state index in [1.165, 1.54) is 0 Å². The zero-order valence-corrected chi connectivity index (χ0v) is 9.04. The van der Waals surface area contributed by atoms with Gasteiger partial charge in [-0.1, -0.05) is 12.2 Å². The maximum Gasteiger partial charge on any atom is 0.234 e. The molecule has 0 aromatic carbocycles. The molecule has 0 spiro atoms. The van der Waals surface area contributed by atoms with E-state index < -0.39 is 0 Å². The summed E-state index contributed by atoms with van der Waals surface area (Å²) in [6.07, 6.45) is 5.55. The maximum atomic E-state index is 11.1. The van der Waals surface area contributed by atoms with Crippen LogP contribution in [0.5, 0.6) is 0 Å². The number of carbonyl (C=O) groups is 2. The standard InChI is InChI=1S/C8H9NO2.Na/c10-7-5-3-1-2-4-6(5)8(11)9-7;/h1,3,5-6H,2,4H2,(H,9,10,11);. The van der Waals surface area contributed by atoms with Crippen molar-refractivity contribution in [3.63, 3.8) is 0 Å². The number of rotatable bonds is 0. The van der Waals surface area contributed by atoms with E-state index in [4.69, 9.17) is 0 Å². The van der Waals surface area contributed by atoms with Crippen molar-refractivity contribution in [1.82, 2.24) is 5.32 Å². The minimum absolute atomic E-state index is 0. The molecule has 59 valence electrons. The molecule has 2 amide bonds. The molecule has 0 saturated carbocycles. The van der Waals surface area contributed by atoms with Crippen LogP contribution in [-0.2, 0) is 9.59 Å². The summed E-state index contributed by atoms with van der Waals surface area (Å²) in [6.45, 7) is 0. The summed E-state index contributed by atoms with van der Waals surface area (Å²) >= 11 is 0. The average molecular weight is 174 g/mol. The molecule has 1 radical (unpaired) electrons. The molecular weight excluding hydrogens is 165 g/mol. The molecule has 1 saturated heterocycles. The molecular formula is C8H9NNaO2. The average Bonchev–Trinajstić information content (AvgIpc) is 2.30. The van der Waals surface area contributed by atoms with E-state index in [1.54, 1.807) is 0 Å². The van der Waals surface area contributed by atoms with Crippen LogP contribution in [0.3, 0.4) is 0 Å². The zero-order chi connectivity index (χ0) is 7.84. The number of nitrogens with one attached hydrogen (secondary N) is 1. The summed E-state index contributed by atoms with van der Waals surface area (Å²) in [5.41, 5.74) is 0. The van der Waals surface area contributed by atoms with Crippen molar-refractivity contribution >= 4 is 41.4 Å². The molecule has 1 aliphatic heterocycles. The van der Waals surface area contributed by atoms with Gasteiger partial charge in [-0.2, -0.15) is 0 Å².